The predicted molar refractivity (Wildman–Crippen MR) is 76.5 cm³/mol. The van der Waals surface area contributed by atoms with Crippen LogP contribution < -0.4 is 0 Å². The van der Waals surface area contributed by atoms with Crippen molar-refractivity contribution in [2.75, 3.05) is 0 Å². The lowest BCUT2D eigenvalue weighted by Crippen LogP contribution is -2.27. The van der Waals surface area contributed by atoms with E-state index < -0.39 is 0 Å². The van der Waals surface area contributed by atoms with Crippen LogP contribution >= 0.6 is 0 Å². The molecule has 2 fully saturated rings. The average Bonchev–Trinajstić information content (AvgIpc) is 2.46. The van der Waals surface area contributed by atoms with Crippen molar-refractivity contribution in [2.24, 2.45) is 23.7 Å². The fourth-order valence-corrected chi connectivity index (χ4v) is 4.26. The summed E-state index contributed by atoms with van der Waals surface area (Å²) in [6.07, 6.45) is 16.3. The zero-order chi connectivity index (χ0) is 12.8. The molecule has 2 aliphatic carbocycles. The van der Waals surface area contributed by atoms with Gasteiger partial charge in [0.2, 0.25) is 0 Å². The van der Waals surface area contributed by atoms with Crippen molar-refractivity contribution in [3.63, 3.8) is 0 Å². The van der Waals surface area contributed by atoms with Gasteiger partial charge in [0, 0.05) is 5.92 Å². The summed E-state index contributed by atoms with van der Waals surface area (Å²) >= 11 is 0. The molecule has 0 N–H and O–H groups in total. The van der Waals surface area contributed by atoms with Gasteiger partial charge in [-0.15, -0.1) is 0 Å². The standard InChI is InChI=1S/C17H30O/c1-2-3-5-14-8-10-16(11-9-14)17-7-4-6-15(12-17)13-18/h13-17H,2-12H2,1H3. The lowest BCUT2D eigenvalue weighted by atomic mass is 9.68. The quantitative estimate of drug-likeness (QED) is 0.628. The number of unbranched alkanes of at least 4 members (excludes halogenated alkanes) is 1. The van der Waals surface area contributed by atoms with Gasteiger partial charge in [-0.3, -0.25) is 0 Å². The second-order valence-electron chi connectivity index (χ2n) is 6.75. The van der Waals surface area contributed by atoms with E-state index in [1.165, 1.54) is 70.5 Å². The molecule has 1 heteroatoms. The highest BCUT2D eigenvalue weighted by Crippen LogP contribution is 2.42. The third-order valence-electron chi connectivity index (χ3n) is 5.47. The minimum atomic E-state index is 0.390. The summed E-state index contributed by atoms with van der Waals surface area (Å²) in [5.74, 6) is 3.24. The van der Waals surface area contributed by atoms with Gasteiger partial charge in [0.1, 0.15) is 6.29 Å². The number of aldehydes is 1. The van der Waals surface area contributed by atoms with E-state index in [1.807, 2.05) is 0 Å². The second-order valence-corrected chi connectivity index (χ2v) is 6.75. The van der Waals surface area contributed by atoms with Gasteiger partial charge in [-0.1, -0.05) is 51.9 Å². The maximum Gasteiger partial charge on any atom is 0.123 e. The molecule has 0 aliphatic heterocycles. The molecule has 2 rings (SSSR count). The van der Waals surface area contributed by atoms with Crippen molar-refractivity contribution in [3.05, 3.63) is 0 Å². The molecular formula is C17H30O. The number of hydrogen-bond acceptors (Lipinski definition) is 1. The molecular weight excluding hydrogens is 220 g/mol. The molecule has 0 heterocycles. The first-order valence-corrected chi connectivity index (χ1v) is 8.28. The van der Waals surface area contributed by atoms with Gasteiger partial charge in [0.25, 0.3) is 0 Å². The maximum absolute atomic E-state index is 11.0. The van der Waals surface area contributed by atoms with Crippen LogP contribution in [0, 0.1) is 23.7 Å². The van der Waals surface area contributed by atoms with Crippen molar-refractivity contribution >= 4 is 6.29 Å². The highest BCUT2D eigenvalue weighted by atomic mass is 16.1. The first-order chi connectivity index (χ1) is 8.83. The largest absolute Gasteiger partial charge is 0.303 e. The molecule has 0 aromatic rings. The molecule has 0 aromatic heterocycles. The third kappa shape index (κ3) is 3.83. The van der Waals surface area contributed by atoms with Crippen molar-refractivity contribution in [1.82, 2.24) is 0 Å². The van der Waals surface area contributed by atoms with Crippen molar-refractivity contribution < 1.29 is 4.79 Å². The van der Waals surface area contributed by atoms with Crippen LogP contribution in [0.25, 0.3) is 0 Å². The van der Waals surface area contributed by atoms with Crippen LogP contribution in [0.5, 0.6) is 0 Å². The Bertz CT molecular complexity index is 240. The second kappa shape index (κ2) is 7.31. The number of rotatable bonds is 5. The van der Waals surface area contributed by atoms with E-state index >= 15 is 0 Å². The van der Waals surface area contributed by atoms with Crippen LogP contribution in [0.1, 0.15) is 77.6 Å². The Morgan fingerprint density at radius 2 is 1.78 bits per heavy atom. The minimum Gasteiger partial charge on any atom is -0.303 e. The normalized spacial score (nSPS) is 37.4. The summed E-state index contributed by atoms with van der Waals surface area (Å²) in [6.45, 7) is 2.30. The molecule has 2 unspecified atom stereocenters. The molecule has 0 spiro atoms. The van der Waals surface area contributed by atoms with Gasteiger partial charge >= 0.3 is 0 Å². The summed E-state index contributed by atoms with van der Waals surface area (Å²) in [5.41, 5.74) is 0. The van der Waals surface area contributed by atoms with Crippen molar-refractivity contribution in [2.45, 2.75) is 77.6 Å². The maximum atomic E-state index is 11.0. The topological polar surface area (TPSA) is 17.1 Å². The van der Waals surface area contributed by atoms with Gasteiger partial charge in [-0.05, 0) is 43.4 Å². The molecule has 2 saturated carbocycles. The minimum absolute atomic E-state index is 0.390. The van der Waals surface area contributed by atoms with E-state index in [-0.39, 0.29) is 0 Å². The van der Waals surface area contributed by atoms with E-state index in [4.69, 9.17) is 0 Å². The Kier molecular flexibility index (Phi) is 5.72. The zero-order valence-electron chi connectivity index (χ0n) is 12.1. The average molecular weight is 250 g/mol. The Labute approximate surface area is 113 Å². The Hall–Kier alpha value is -0.330. The first kappa shape index (κ1) is 14.1. The summed E-state index contributed by atoms with van der Waals surface area (Å²) in [5, 5.41) is 0. The molecule has 0 amide bonds. The number of carbonyl (C=O) groups is 1. The molecule has 0 bridgehead atoms. The first-order valence-electron chi connectivity index (χ1n) is 8.28. The Morgan fingerprint density at radius 1 is 1.00 bits per heavy atom. The molecule has 104 valence electrons. The van der Waals surface area contributed by atoms with Gasteiger partial charge < -0.3 is 4.79 Å². The smallest absolute Gasteiger partial charge is 0.123 e. The molecule has 18 heavy (non-hydrogen) atoms. The molecule has 0 saturated heterocycles. The van der Waals surface area contributed by atoms with Crippen molar-refractivity contribution in [3.8, 4) is 0 Å². The molecule has 0 aromatic carbocycles. The predicted octanol–water partition coefficient (Wildman–Crippen LogP) is 4.99. The number of hydrogen-bond donors (Lipinski definition) is 0. The van der Waals surface area contributed by atoms with Crippen LogP contribution in [-0.4, -0.2) is 6.29 Å². The third-order valence-corrected chi connectivity index (χ3v) is 5.47. The van der Waals surface area contributed by atoms with Gasteiger partial charge in [-0.2, -0.15) is 0 Å². The van der Waals surface area contributed by atoms with E-state index in [0.717, 1.165) is 24.2 Å². The van der Waals surface area contributed by atoms with Crippen LogP contribution in [0.15, 0.2) is 0 Å². The van der Waals surface area contributed by atoms with Gasteiger partial charge in [0.05, 0.1) is 0 Å². The monoisotopic (exact) mass is 250 g/mol. The highest BCUT2D eigenvalue weighted by molar-refractivity contribution is 5.53. The van der Waals surface area contributed by atoms with E-state index in [2.05, 4.69) is 6.92 Å². The molecule has 0 radical (unpaired) electrons. The van der Waals surface area contributed by atoms with Gasteiger partial charge in [-0.25, -0.2) is 0 Å². The Morgan fingerprint density at radius 3 is 2.44 bits per heavy atom. The SMILES string of the molecule is CCCCC1CCC(C2CCCC(C=O)C2)CC1. The van der Waals surface area contributed by atoms with Crippen LogP contribution in [0.3, 0.4) is 0 Å². The summed E-state index contributed by atoms with van der Waals surface area (Å²) in [6, 6.07) is 0. The van der Waals surface area contributed by atoms with Crippen LogP contribution in [0.2, 0.25) is 0 Å². The highest BCUT2D eigenvalue weighted by Gasteiger charge is 2.31. The molecule has 2 aliphatic rings. The van der Waals surface area contributed by atoms with Crippen molar-refractivity contribution in [1.29, 1.82) is 0 Å². The van der Waals surface area contributed by atoms with Crippen LogP contribution in [0.4, 0.5) is 0 Å². The van der Waals surface area contributed by atoms with E-state index in [1.54, 1.807) is 0 Å². The number of carbonyl (C=O) groups excluding carboxylic acids is 1. The zero-order valence-corrected chi connectivity index (χ0v) is 12.1. The van der Waals surface area contributed by atoms with Crippen LogP contribution in [-0.2, 0) is 4.79 Å². The molecule has 2 atom stereocenters. The fourth-order valence-electron chi connectivity index (χ4n) is 4.26. The summed E-state index contributed by atoms with van der Waals surface area (Å²) in [7, 11) is 0. The summed E-state index contributed by atoms with van der Waals surface area (Å²) < 4.78 is 0. The van der Waals surface area contributed by atoms with Gasteiger partial charge in [0.15, 0.2) is 0 Å². The lowest BCUT2D eigenvalue weighted by molar-refractivity contribution is -0.112. The molecule has 1 nitrogen and oxygen atoms in total. The fraction of sp³-hybridized carbons (Fsp3) is 0.941. The Balaban J connectivity index is 1.73. The lowest BCUT2D eigenvalue weighted by Gasteiger charge is -2.37. The van der Waals surface area contributed by atoms with E-state index in [9.17, 15) is 4.79 Å². The summed E-state index contributed by atoms with van der Waals surface area (Å²) in [4.78, 5) is 11.0. The van der Waals surface area contributed by atoms with E-state index in [0.29, 0.717) is 5.92 Å².